The van der Waals surface area contributed by atoms with E-state index >= 15 is 0 Å². The zero-order valence-electron chi connectivity index (χ0n) is 11.0. The third kappa shape index (κ3) is 6.15. The van der Waals surface area contributed by atoms with E-state index in [0.717, 1.165) is 0 Å². The molecule has 0 aliphatic rings. The molecule has 0 aromatic heterocycles. The van der Waals surface area contributed by atoms with Gasteiger partial charge >= 0.3 is 5.51 Å². The molecule has 0 amide bonds. The van der Waals surface area contributed by atoms with Crippen LogP contribution in [0.25, 0.3) is 0 Å². The molecular weight excluding hydrogens is 313 g/mol. The first-order valence-electron chi connectivity index (χ1n) is 5.62. The number of ether oxygens (including phenoxy) is 2. The molecule has 0 saturated carbocycles. The Balaban J connectivity index is 2.84. The van der Waals surface area contributed by atoms with Gasteiger partial charge < -0.3 is 9.47 Å². The number of benzene rings is 1. The number of thioether (sulfide) groups is 1. The number of halogens is 3. The molecule has 0 spiro atoms. The van der Waals surface area contributed by atoms with Crippen LogP contribution in [0.3, 0.4) is 0 Å². The fourth-order valence-electron chi connectivity index (χ4n) is 1.45. The molecule has 114 valence electrons. The summed E-state index contributed by atoms with van der Waals surface area (Å²) in [4.78, 5) is -0.0266. The predicted molar refractivity (Wildman–Crippen MR) is 73.5 cm³/mol. The number of hydrogen-bond acceptors (Lipinski definition) is 4. The molecule has 3 nitrogen and oxygen atoms in total. The molecule has 1 aromatic carbocycles. The van der Waals surface area contributed by atoms with E-state index in [0.29, 0.717) is 17.9 Å². The second kappa shape index (κ2) is 7.90. The van der Waals surface area contributed by atoms with Gasteiger partial charge in [-0.15, -0.1) is 0 Å². The first-order chi connectivity index (χ1) is 9.35. The van der Waals surface area contributed by atoms with Gasteiger partial charge in [0.05, 0.1) is 18.6 Å². The molecule has 0 heterocycles. The van der Waals surface area contributed by atoms with Gasteiger partial charge in [-0.1, -0.05) is 6.07 Å². The van der Waals surface area contributed by atoms with Crippen molar-refractivity contribution in [2.75, 3.05) is 26.6 Å². The minimum absolute atomic E-state index is 0.0266. The van der Waals surface area contributed by atoms with Crippen LogP contribution in [0.4, 0.5) is 13.2 Å². The average molecular weight is 328 g/mol. The van der Waals surface area contributed by atoms with Crippen LogP contribution in [0.5, 0.6) is 5.75 Å². The SMILES string of the molecule is COCC[S@](=O)Cc1ccc(OC)c(SC(F)(F)F)c1. The number of alkyl halides is 3. The van der Waals surface area contributed by atoms with Gasteiger partial charge in [0.2, 0.25) is 0 Å². The Morgan fingerprint density at radius 3 is 2.55 bits per heavy atom. The molecule has 1 rings (SSSR count). The van der Waals surface area contributed by atoms with Gasteiger partial charge in [0.1, 0.15) is 5.75 Å². The van der Waals surface area contributed by atoms with Crippen LogP contribution in [-0.4, -0.2) is 36.3 Å². The van der Waals surface area contributed by atoms with E-state index in [1.165, 1.54) is 26.4 Å². The smallest absolute Gasteiger partial charge is 0.446 e. The Morgan fingerprint density at radius 1 is 1.30 bits per heavy atom. The van der Waals surface area contributed by atoms with Gasteiger partial charge in [-0.3, -0.25) is 4.21 Å². The molecule has 0 N–H and O–H groups in total. The van der Waals surface area contributed by atoms with Crippen molar-refractivity contribution >= 4 is 22.6 Å². The standard InChI is InChI=1S/C12H15F3O3S2/c1-17-5-6-20(16)8-9-3-4-10(18-2)11(7-9)19-12(13,14)15/h3-4,7H,5-6,8H2,1-2H3/t20-/m0/s1. The maximum absolute atomic E-state index is 12.4. The van der Waals surface area contributed by atoms with Crippen LogP contribution in [0.2, 0.25) is 0 Å². The second-order valence-corrected chi connectivity index (χ2v) is 6.50. The fraction of sp³-hybridized carbons (Fsp3) is 0.500. The van der Waals surface area contributed by atoms with Gasteiger partial charge in [-0.25, -0.2) is 0 Å². The molecule has 8 heteroatoms. The van der Waals surface area contributed by atoms with Crippen LogP contribution >= 0.6 is 11.8 Å². The molecule has 0 aliphatic carbocycles. The van der Waals surface area contributed by atoms with Crippen LogP contribution in [0.1, 0.15) is 5.56 Å². The monoisotopic (exact) mass is 328 g/mol. The molecule has 1 atom stereocenters. The lowest BCUT2D eigenvalue weighted by atomic mass is 10.2. The van der Waals surface area contributed by atoms with Crippen molar-refractivity contribution in [3.8, 4) is 5.75 Å². The van der Waals surface area contributed by atoms with Gasteiger partial charge in [-0.2, -0.15) is 13.2 Å². The van der Waals surface area contributed by atoms with Crippen molar-refractivity contribution in [2.24, 2.45) is 0 Å². The maximum atomic E-state index is 12.4. The Morgan fingerprint density at radius 2 is 2.00 bits per heavy atom. The third-order valence-corrected chi connectivity index (χ3v) is 4.34. The third-order valence-electron chi connectivity index (χ3n) is 2.30. The van der Waals surface area contributed by atoms with E-state index in [9.17, 15) is 17.4 Å². The highest BCUT2D eigenvalue weighted by molar-refractivity contribution is 8.00. The van der Waals surface area contributed by atoms with Gasteiger partial charge in [-0.05, 0) is 29.5 Å². The van der Waals surface area contributed by atoms with Crippen molar-refractivity contribution in [3.63, 3.8) is 0 Å². The lowest BCUT2D eigenvalue weighted by molar-refractivity contribution is -0.0328. The van der Waals surface area contributed by atoms with Gasteiger partial charge in [0, 0.05) is 29.4 Å². The Labute approximate surface area is 122 Å². The van der Waals surface area contributed by atoms with Crippen molar-refractivity contribution < 1.29 is 26.9 Å². The number of hydrogen-bond donors (Lipinski definition) is 0. The van der Waals surface area contributed by atoms with E-state index in [1.54, 1.807) is 6.07 Å². The van der Waals surface area contributed by atoms with E-state index in [4.69, 9.17) is 9.47 Å². The molecule has 0 saturated heterocycles. The lowest BCUT2D eigenvalue weighted by Crippen LogP contribution is -2.07. The van der Waals surface area contributed by atoms with Crippen molar-refractivity contribution in [1.82, 2.24) is 0 Å². The first-order valence-corrected chi connectivity index (χ1v) is 7.92. The highest BCUT2D eigenvalue weighted by atomic mass is 32.2. The molecule has 20 heavy (non-hydrogen) atoms. The summed E-state index contributed by atoms with van der Waals surface area (Å²) >= 11 is -0.238. The second-order valence-electron chi connectivity index (χ2n) is 3.81. The van der Waals surface area contributed by atoms with Gasteiger partial charge in [0.15, 0.2) is 0 Å². The van der Waals surface area contributed by atoms with Crippen molar-refractivity contribution in [2.45, 2.75) is 16.2 Å². The summed E-state index contributed by atoms with van der Waals surface area (Å²) in [5.41, 5.74) is -3.81. The topological polar surface area (TPSA) is 35.5 Å². The predicted octanol–water partition coefficient (Wildman–Crippen LogP) is 3.20. The van der Waals surface area contributed by atoms with Crippen molar-refractivity contribution in [1.29, 1.82) is 0 Å². The molecule has 0 unspecified atom stereocenters. The molecule has 0 radical (unpaired) electrons. The average Bonchev–Trinajstić information content (AvgIpc) is 2.35. The van der Waals surface area contributed by atoms with E-state index < -0.39 is 16.3 Å². The largest absolute Gasteiger partial charge is 0.496 e. The molecule has 0 bridgehead atoms. The molecule has 1 aromatic rings. The van der Waals surface area contributed by atoms with Crippen LogP contribution < -0.4 is 4.74 Å². The quantitative estimate of drug-likeness (QED) is 0.720. The minimum Gasteiger partial charge on any atom is -0.496 e. The zero-order chi connectivity index (χ0) is 15.2. The Bertz CT molecular complexity index is 464. The van der Waals surface area contributed by atoms with Crippen LogP contribution in [0, 0.1) is 0 Å². The maximum Gasteiger partial charge on any atom is 0.446 e. The summed E-state index contributed by atoms with van der Waals surface area (Å²) in [6.45, 7) is 0.354. The van der Waals surface area contributed by atoms with E-state index in [-0.39, 0.29) is 28.2 Å². The molecule has 0 aliphatic heterocycles. The minimum atomic E-state index is -4.39. The fourth-order valence-corrected chi connectivity index (χ4v) is 3.21. The van der Waals surface area contributed by atoms with Crippen LogP contribution in [-0.2, 0) is 21.3 Å². The van der Waals surface area contributed by atoms with Crippen molar-refractivity contribution in [3.05, 3.63) is 23.8 Å². The lowest BCUT2D eigenvalue weighted by Gasteiger charge is -2.12. The highest BCUT2D eigenvalue weighted by Gasteiger charge is 2.31. The summed E-state index contributed by atoms with van der Waals surface area (Å²) in [6.07, 6.45) is 0. The normalized spacial score (nSPS) is 13.2. The first kappa shape index (κ1) is 17.3. The summed E-state index contributed by atoms with van der Waals surface area (Å²) in [5, 5.41) is 0. The highest BCUT2D eigenvalue weighted by Crippen LogP contribution is 2.41. The Kier molecular flexibility index (Phi) is 6.84. The number of rotatable bonds is 7. The summed E-state index contributed by atoms with van der Waals surface area (Å²) < 4.78 is 58.8. The summed E-state index contributed by atoms with van der Waals surface area (Å²) in [7, 11) is 1.65. The Hall–Kier alpha value is -0.730. The zero-order valence-corrected chi connectivity index (χ0v) is 12.7. The number of methoxy groups -OCH3 is 2. The molecule has 0 fully saturated rings. The van der Waals surface area contributed by atoms with Gasteiger partial charge in [0.25, 0.3) is 0 Å². The van der Waals surface area contributed by atoms with E-state index in [1.807, 2.05) is 0 Å². The molecular formula is C12H15F3O3S2. The van der Waals surface area contributed by atoms with Crippen LogP contribution in [0.15, 0.2) is 23.1 Å². The summed E-state index contributed by atoms with van der Waals surface area (Å²) in [6, 6.07) is 4.43. The summed E-state index contributed by atoms with van der Waals surface area (Å²) in [5.74, 6) is 0.696. The van der Waals surface area contributed by atoms with E-state index in [2.05, 4.69) is 0 Å².